The highest BCUT2D eigenvalue weighted by molar-refractivity contribution is 5.95. The van der Waals surface area contributed by atoms with Crippen molar-refractivity contribution in [3.05, 3.63) is 54.1 Å². The number of pyridine rings is 1. The molecule has 0 saturated carbocycles. The largest absolute Gasteiger partial charge is 0.379 e. The fourth-order valence-electron chi connectivity index (χ4n) is 2.21. The quantitative estimate of drug-likeness (QED) is 0.888. The number of nitrogens with zero attached hydrogens (tertiary/aromatic N) is 1. The van der Waals surface area contributed by atoms with Crippen LogP contribution in [-0.2, 0) is 4.74 Å². The standard InChI is InChI=1S/C18H21FN2O2/c1-4-23-12-18(2,3)21-17(22)14-7-5-6-13(10-14)15-8-9-20-11-16(15)19/h5-11H,4,12H2,1-3H3,(H,21,22). The molecular weight excluding hydrogens is 295 g/mol. The maximum atomic E-state index is 13.8. The Morgan fingerprint density at radius 2 is 2.13 bits per heavy atom. The number of nitrogens with one attached hydrogen (secondary N) is 1. The molecule has 0 saturated heterocycles. The first-order valence-corrected chi connectivity index (χ1v) is 7.53. The summed E-state index contributed by atoms with van der Waals surface area (Å²) in [6.07, 6.45) is 2.68. The first-order valence-electron chi connectivity index (χ1n) is 7.53. The summed E-state index contributed by atoms with van der Waals surface area (Å²) in [7, 11) is 0. The number of carbonyl (C=O) groups is 1. The summed E-state index contributed by atoms with van der Waals surface area (Å²) in [6.45, 7) is 6.72. The summed E-state index contributed by atoms with van der Waals surface area (Å²) in [5, 5.41) is 2.93. The Hall–Kier alpha value is -2.27. The average molecular weight is 316 g/mol. The van der Waals surface area contributed by atoms with E-state index in [9.17, 15) is 9.18 Å². The van der Waals surface area contributed by atoms with Gasteiger partial charge >= 0.3 is 0 Å². The molecule has 0 bridgehead atoms. The molecule has 0 aliphatic rings. The molecule has 0 aliphatic heterocycles. The van der Waals surface area contributed by atoms with Gasteiger partial charge in [0.1, 0.15) is 5.82 Å². The zero-order chi connectivity index (χ0) is 16.9. The molecule has 1 heterocycles. The van der Waals surface area contributed by atoms with Crippen LogP contribution in [0.3, 0.4) is 0 Å². The summed E-state index contributed by atoms with van der Waals surface area (Å²) >= 11 is 0. The minimum Gasteiger partial charge on any atom is -0.379 e. The van der Waals surface area contributed by atoms with Crippen molar-refractivity contribution >= 4 is 5.91 Å². The van der Waals surface area contributed by atoms with Gasteiger partial charge in [0, 0.05) is 23.9 Å². The Kier molecular flexibility index (Phi) is 5.45. The minimum absolute atomic E-state index is 0.217. The Balaban J connectivity index is 2.20. The molecule has 0 aliphatic carbocycles. The summed E-state index contributed by atoms with van der Waals surface area (Å²) in [5.41, 5.74) is 1.05. The highest BCUT2D eigenvalue weighted by Gasteiger charge is 2.21. The number of rotatable bonds is 6. The van der Waals surface area contributed by atoms with E-state index in [1.807, 2.05) is 20.8 Å². The molecule has 0 fully saturated rings. The molecule has 1 aromatic carbocycles. The normalized spacial score (nSPS) is 11.3. The molecule has 5 heteroatoms. The Morgan fingerprint density at radius 1 is 1.35 bits per heavy atom. The second-order valence-corrected chi connectivity index (χ2v) is 5.91. The highest BCUT2D eigenvalue weighted by atomic mass is 19.1. The number of hydrogen-bond donors (Lipinski definition) is 1. The van der Waals surface area contributed by atoms with Crippen LogP contribution in [0, 0.1) is 5.82 Å². The van der Waals surface area contributed by atoms with E-state index in [2.05, 4.69) is 10.3 Å². The van der Waals surface area contributed by atoms with Crippen LogP contribution in [-0.4, -0.2) is 29.6 Å². The van der Waals surface area contributed by atoms with Gasteiger partial charge in [-0.1, -0.05) is 12.1 Å². The van der Waals surface area contributed by atoms with Crippen molar-refractivity contribution in [2.75, 3.05) is 13.2 Å². The Labute approximate surface area is 135 Å². The second-order valence-electron chi connectivity index (χ2n) is 5.91. The number of carbonyl (C=O) groups excluding carboxylic acids is 1. The molecule has 1 N–H and O–H groups in total. The third-order valence-electron chi connectivity index (χ3n) is 3.33. The lowest BCUT2D eigenvalue weighted by atomic mass is 10.0. The van der Waals surface area contributed by atoms with Gasteiger partial charge < -0.3 is 10.1 Å². The second kappa shape index (κ2) is 7.33. The molecule has 1 aromatic heterocycles. The van der Waals surface area contributed by atoms with Crippen molar-refractivity contribution in [1.29, 1.82) is 0 Å². The maximum Gasteiger partial charge on any atom is 0.251 e. The summed E-state index contributed by atoms with van der Waals surface area (Å²) < 4.78 is 19.2. The third kappa shape index (κ3) is 4.60. The number of benzene rings is 1. The number of amides is 1. The molecular formula is C18H21FN2O2. The van der Waals surface area contributed by atoms with E-state index in [0.29, 0.717) is 29.9 Å². The number of halogens is 1. The average Bonchev–Trinajstić information content (AvgIpc) is 2.53. The smallest absolute Gasteiger partial charge is 0.251 e. The van der Waals surface area contributed by atoms with E-state index in [-0.39, 0.29) is 5.91 Å². The van der Waals surface area contributed by atoms with Crippen molar-refractivity contribution in [2.24, 2.45) is 0 Å². The predicted molar refractivity (Wildman–Crippen MR) is 87.7 cm³/mol. The van der Waals surface area contributed by atoms with Crippen LogP contribution >= 0.6 is 0 Å². The zero-order valence-electron chi connectivity index (χ0n) is 13.6. The van der Waals surface area contributed by atoms with Gasteiger partial charge in [0.15, 0.2) is 0 Å². The lowest BCUT2D eigenvalue weighted by Crippen LogP contribution is -2.47. The Bertz CT molecular complexity index is 686. The topological polar surface area (TPSA) is 51.2 Å². The van der Waals surface area contributed by atoms with E-state index < -0.39 is 11.4 Å². The third-order valence-corrected chi connectivity index (χ3v) is 3.33. The van der Waals surface area contributed by atoms with E-state index in [4.69, 9.17) is 4.74 Å². The van der Waals surface area contributed by atoms with Gasteiger partial charge in [0.2, 0.25) is 0 Å². The molecule has 4 nitrogen and oxygen atoms in total. The molecule has 0 spiro atoms. The van der Waals surface area contributed by atoms with Gasteiger partial charge in [0.05, 0.1) is 18.3 Å². The fourth-order valence-corrected chi connectivity index (χ4v) is 2.21. The molecule has 23 heavy (non-hydrogen) atoms. The van der Waals surface area contributed by atoms with Crippen molar-refractivity contribution in [3.8, 4) is 11.1 Å². The molecule has 1 amide bonds. The van der Waals surface area contributed by atoms with Crippen LogP contribution in [0.25, 0.3) is 11.1 Å². The fraction of sp³-hybridized carbons (Fsp3) is 0.333. The van der Waals surface area contributed by atoms with Gasteiger partial charge in [-0.05, 0) is 44.5 Å². The number of ether oxygens (including phenoxy) is 1. The Morgan fingerprint density at radius 3 is 2.83 bits per heavy atom. The van der Waals surface area contributed by atoms with Crippen molar-refractivity contribution < 1.29 is 13.9 Å². The van der Waals surface area contributed by atoms with Crippen molar-refractivity contribution in [1.82, 2.24) is 10.3 Å². The summed E-state index contributed by atoms with van der Waals surface area (Å²) in [4.78, 5) is 16.2. The van der Waals surface area contributed by atoms with E-state index >= 15 is 0 Å². The minimum atomic E-state index is -0.481. The predicted octanol–water partition coefficient (Wildman–Crippen LogP) is 3.43. The van der Waals surface area contributed by atoms with Crippen LogP contribution in [0.2, 0.25) is 0 Å². The SMILES string of the molecule is CCOCC(C)(C)NC(=O)c1cccc(-c2ccncc2F)c1. The number of aromatic nitrogens is 1. The monoisotopic (exact) mass is 316 g/mol. The van der Waals surface area contributed by atoms with Crippen LogP contribution in [0.4, 0.5) is 4.39 Å². The molecule has 122 valence electrons. The number of hydrogen-bond acceptors (Lipinski definition) is 3. The van der Waals surface area contributed by atoms with Gasteiger partial charge in [0.25, 0.3) is 5.91 Å². The van der Waals surface area contributed by atoms with Crippen LogP contribution in [0.5, 0.6) is 0 Å². The molecule has 2 rings (SSSR count). The molecule has 0 atom stereocenters. The van der Waals surface area contributed by atoms with E-state index in [1.54, 1.807) is 30.3 Å². The van der Waals surface area contributed by atoms with Gasteiger partial charge in [-0.3, -0.25) is 9.78 Å². The van der Waals surface area contributed by atoms with Crippen LogP contribution in [0.1, 0.15) is 31.1 Å². The molecule has 0 unspecified atom stereocenters. The van der Waals surface area contributed by atoms with Crippen LogP contribution < -0.4 is 5.32 Å². The van der Waals surface area contributed by atoms with Crippen LogP contribution in [0.15, 0.2) is 42.7 Å². The molecule has 2 aromatic rings. The van der Waals surface area contributed by atoms with Crippen molar-refractivity contribution in [3.63, 3.8) is 0 Å². The zero-order valence-corrected chi connectivity index (χ0v) is 13.6. The van der Waals surface area contributed by atoms with Gasteiger partial charge in [-0.2, -0.15) is 0 Å². The van der Waals surface area contributed by atoms with E-state index in [0.717, 1.165) is 6.20 Å². The summed E-state index contributed by atoms with van der Waals surface area (Å²) in [6, 6.07) is 8.46. The first kappa shape index (κ1) is 17.1. The highest BCUT2D eigenvalue weighted by Crippen LogP contribution is 2.23. The summed E-state index contributed by atoms with van der Waals surface area (Å²) in [5.74, 6) is -0.632. The van der Waals surface area contributed by atoms with Gasteiger partial charge in [-0.15, -0.1) is 0 Å². The lowest BCUT2D eigenvalue weighted by molar-refractivity contribution is 0.0725. The first-order chi connectivity index (χ1) is 10.9. The maximum absolute atomic E-state index is 13.8. The lowest BCUT2D eigenvalue weighted by Gasteiger charge is -2.26. The van der Waals surface area contributed by atoms with Gasteiger partial charge in [-0.25, -0.2) is 4.39 Å². The van der Waals surface area contributed by atoms with Crippen molar-refractivity contribution in [2.45, 2.75) is 26.3 Å². The molecule has 0 radical (unpaired) electrons. The van der Waals surface area contributed by atoms with E-state index in [1.165, 1.54) is 6.20 Å².